The van der Waals surface area contributed by atoms with Gasteiger partial charge in [0, 0.05) is 35.1 Å². The molecule has 26 heavy (non-hydrogen) atoms. The lowest BCUT2D eigenvalue weighted by molar-refractivity contribution is -0.134. The second kappa shape index (κ2) is 10.5. The van der Waals surface area contributed by atoms with Crippen LogP contribution < -0.4 is 5.73 Å². The Morgan fingerprint density at radius 2 is 2.04 bits per heavy atom. The van der Waals surface area contributed by atoms with Gasteiger partial charge in [0.2, 0.25) is 5.91 Å². The van der Waals surface area contributed by atoms with Crippen LogP contribution in [0.5, 0.6) is 0 Å². The Kier molecular flexibility index (Phi) is 9.34. The molecule has 0 bridgehead atoms. The summed E-state index contributed by atoms with van der Waals surface area (Å²) in [7, 11) is 0. The number of hydrogen-bond acceptors (Lipinski definition) is 4. The Hall–Kier alpha value is -0.850. The number of halogens is 3. The van der Waals surface area contributed by atoms with Crippen LogP contribution in [0.4, 0.5) is 0 Å². The zero-order chi connectivity index (χ0) is 17.1. The van der Waals surface area contributed by atoms with Crippen molar-refractivity contribution in [2.45, 2.75) is 32.2 Å². The SMILES string of the molecule is CC1CCN(C(=O)Cc2csc(-c3ccc(Cl)cc3)n2)C(CN)C1.Cl.Cl. The van der Waals surface area contributed by atoms with Crippen LogP contribution in [-0.4, -0.2) is 34.9 Å². The van der Waals surface area contributed by atoms with Crippen LogP contribution in [0, 0.1) is 5.92 Å². The second-order valence-corrected chi connectivity index (χ2v) is 7.73. The van der Waals surface area contributed by atoms with Crippen molar-refractivity contribution in [3.05, 3.63) is 40.4 Å². The Labute approximate surface area is 175 Å². The van der Waals surface area contributed by atoms with E-state index in [1.807, 2.05) is 34.5 Å². The van der Waals surface area contributed by atoms with Crippen molar-refractivity contribution in [3.63, 3.8) is 0 Å². The first-order valence-electron chi connectivity index (χ1n) is 8.26. The van der Waals surface area contributed by atoms with Crippen molar-refractivity contribution in [2.24, 2.45) is 11.7 Å². The number of benzene rings is 1. The van der Waals surface area contributed by atoms with Crippen LogP contribution in [0.25, 0.3) is 10.6 Å². The van der Waals surface area contributed by atoms with Crippen LogP contribution in [0.2, 0.25) is 5.02 Å². The predicted octanol–water partition coefficient (Wildman–Crippen LogP) is 4.44. The summed E-state index contributed by atoms with van der Waals surface area (Å²) in [6.07, 6.45) is 2.39. The molecule has 1 aromatic heterocycles. The first kappa shape index (κ1) is 23.2. The topological polar surface area (TPSA) is 59.2 Å². The maximum Gasteiger partial charge on any atom is 0.228 e. The average Bonchev–Trinajstić information content (AvgIpc) is 3.03. The van der Waals surface area contributed by atoms with Gasteiger partial charge in [0.15, 0.2) is 0 Å². The number of hydrogen-bond donors (Lipinski definition) is 1. The molecule has 0 spiro atoms. The molecule has 2 atom stereocenters. The van der Waals surface area contributed by atoms with Gasteiger partial charge in [-0.25, -0.2) is 4.98 Å². The molecule has 0 radical (unpaired) electrons. The quantitative estimate of drug-likeness (QED) is 0.771. The molecule has 1 fully saturated rings. The molecule has 0 saturated carbocycles. The minimum Gasteiger partial charge on any atom is -0.338 e. The van der Waals surface area contributed by atoms with Crippen LogP contribution in [0.1, 0.15) is 25.5 Å². The largest absolute Gasteiger partial charge is 0.338 e. The Morgan fingerprint density at radius 3 is 2.69 bits per heavy atom. The number of nitrogens with zero attached hydrogens (tertiary/aromatic N) is 2. The molecule has 144 valence electrons. The maximum atomic E-state index is 12.7. The summed E-state index contributed by atoms with van der Waals surface area (Å²) < 4.78 is 0. The highest BCUT2D eigenvalue weighted by atomic mass is 35.5. The average molecular weight is 437 g/mol. The molecule has 1 aliphatic heterocycles. The third kappa shape index (κ3) is 5.57. The molecule has 2 N–H and O–H groups in total. The fraction of sp³-hybridized carbons (Fsp3) is 0.444. The fourth-order valence-electron chi connectivity index (χ4n) is 3.17. The Balaban J connectivity index is 0.00000169. The van der Waals surface area contributed by atoms with Gasteiger partial charge in [-0.05, 0) is 30.9 Å². The minimum atomic E-state index is 0. The van der Waals surface area contributed by atoms with E-state index in [-0.39, 0.29) is 36.8 Å². The summed E-state index contributed by atoms with van der Waals surface area (Å²) in [5.41, 5.74) is 7.71. The molecule has 1 amide bonds. The van der Waals surface area contributed by atoms with E-state index in [4.69, 9.17) is 17.3 Å². The summed E-state index contributed by atoms with van der Waals surface area (Å²) in [6.45, 7) is 3.56. The summed E-state index contributed by atoms with van der Waals surface area (Å²) >= 11 is 7.47. The molecule has 0 aliphatic carbocycles. The predicted molar refractivity (Wildman–Crippen MR) is 114 cm³/mol. The molecule has 8 heteroatoms. The van der Waals surface area contributed by atoms with Gasteiger partial charge in [-0.15, -0.1) is 36.2 Å². The molecule has 3 rings (SSSR count). The van der Waals surface area contributed by atoms with Gasteiger partial charge in [-0.1, -0.05) is 30.7 Å². The Morgan fingerprint density at radius 1 is 1.35 bits per heavy atom. The fourth-order valence-corrected chi connectivity index (χ4v) is 4.12. The smallest absolute Gasteiger partial charge is 0.228 e. The molecule has 1 aromatic carbocycles. The minimum absolute atomic E-state index is 0. The molecule has 2 aromatic rings. The lowest BCUT2D eigenvalue weighted by atomic mass is 9.92. The molecule has 2 unspecified atom stereocenters. The number of carbonyl (C=O) groups excluding carboxylic acids is 1. The van der Waals surface area contributed by atoms with Crippen LogP contribution in [0.3, 0.4) is 0 Å². The van der Waals surface area contributed by atoms with Crippen molar-refractivity contribution in [1.82, 2.24) is 9.88 Å². The number of nitrogens with two attached hydrogens (primary N) is 1. The highest BCUT2D eigenvalue weighted by Gasteiger charge is 2.29. The zero-order valence-electron chi connectivity index (χ0n) is 14.6. The number of rotatable bonds is 4. The number of likely N-dealkylation sites (tertiary alicyclic amines) is 1. The second-order valence-electron chi connectivity index (χ2n) is 6.43. The van der Waals surface area contributed by atoms with E-state index in [0.29, 0.717) is 23.9 Å². The molecular weight excluding hydrogens is 413 g/mol. The summed E-state index contributed by atoms with van der Waals surface area (Å²) in [4.78, 5) is 19.2. The van der Waals surface area contributed by atoms with E-state index in [1.54, 1.807) is 11.3 Å². The molecule has 2 heterocycles. The number of carbonyl (C=O) groups is 1. The van der Waals surface area contributed by atoms with E-state index in [1.165, 1.54) is 0 Å². The van der Waals surface area contributed by atoms with Gasteiger partial charge in [0.1, 0.15) is 5.01 Å². The van der Waals surface area contributed by atoms with E-state index >= 15 is 0 Å². The highest BCUT2D eigenvalue weighted by Crippen LogP contribution is 2.26. The van der Waals surface area contributed by atoms with Gasteiger partial charge in [0.05, 0.1) is 12.1 Å². The van der Waals surface area contributed by atoms with E-state index in [2.05, 4.69) is 11.9 Å². The van der Waals surface area contributed by atoms with E-state index < -0.39 is 0 Å². The van der Waals surface area contributed by atoms with Crippen molar-refractivity contribution in [1.29, 1.82) is 0 Å². The highest BCUT2D eigenvalue weighted by molar-refractivity contribution is 7.13. The summed E-state index contributed by atoms with van der Waals surface area (Å²) in [5, 5.41) is 3.58. The Bertz CT molecular complexity index is 708. The van der Waals surface area contributed by atoms with Gasteiger partial charge in [-0.2, -0.15) is 0 Å². The molecule has 1 saturated heterocycles. The monoisotopic (exact) mass is 435 g/mol. The van der Waals surface area contributed by atoms with Gasteiger partial charge in [0.25, 0.3) is 0 Å². The standard InChI is InChI=1S/C18H22ClN3OS.2ClH/c1-12-6-7-22(16(8-12)10-20)17(23)9-15-11-24-18(21-15)13-2-4-14(19)5-3-13;;/h2-5,11-12,16H,6-10,20H2,1H3;2*1H. The maximum absolute atomic E-state index is 12.7. The van der Waals surface area contributed by atoms with Gasteiger partial charge in [-0.3, -0.25) is 4.79 Å². The van der Waals surface area contributed by atoms with Crippen LogP contribution >= 0.6 is 47.8 Å². The normalized spacial score (nSPS) is 19.4. The molecule has 4 nitrogen and oxygen atoms in total. The first-order valence-corrected chi connectivity index (χ1v) is 9.52. The van der Waals surface area contributed by atoms with Gasteiger partial charge < -0.3 is 10.6 Å². The molecular formula is C18H24Cl3N3OS. The number of amides is 1. The van der Waals surface area contributed by atoms with Crippen molar-refractivity contribution < 1.29 is 4.79 Å². The van der Waals surface area contributed by atoms with Crippen LogP contribution in [0.15, 0.2) is 29.6 Å². The first-order chi connectivity index (χ1) is 11.6. The van der Waals surface area contributed by atoms with Crippen molar-refractivity contribution >= 4 is 53.7 Å². The summed E-state index contributed by atoms with van der Waals surface area (Å²) in [6, 6.07) is 7.76. The lowest BCUT2D eigenvalue weighted by Crippen LogP contribution is -2.49. The van der Waals surface area contributed by atoms with Crippen LogP contribution in [-0.2, 0) is 11.2 Å². The third-order valence-corrected chi connectivity index (χ3v) is 5.74. The van der Waals surface area contributed by atoms with Gasteiger partial charge >= 0.3 is 0 Å². The number of thiazole rings is 1. The number of piperidine rings is 1. The van der Waals surface area contributed by atoms with E-state index in [9.17, 15) is 4.79 Å². The van der Waals surface area contributed by atoms with Crippen molar-refractivity contribution in [2.75, 3.05) is 13.1 Å². The third-order valence-electron chi connectivity index (χ3n) is 4.55. The molecule has 1 aliphatic rings. The zero-order valence-corrected chi connectivity index (χ0v) is 17.8. The van der Waals surface area contributed by atoms with E-state index in [0.717, 1.165) is 35.7 Å². The lowest BCUT2D eigenvalue weighted by Gasteiger charge is -2.38. The van der Waals surface area contributed by atoms with Crippen molar-refractivity contribution in [3.8, 4) is 10.6 Å². The number of aromatic nitrogens is 1. The summed E-state index contributed by atoms with van der Waals surface area (Å²) in [5.74, 6) is 0.767.